The van der Waals surface area contributed by atoms with E-state index >= 15 is 0 Å². The van der Waals surface area contributed by atoms with E-state index in [-0.39, 0.29) is 17.5 Å². The number of nitrogens with one attached hydrogen (secondary N) is 3. The largest absolute Gasteiger partial charge is 0.478 e. The maximum Gasteiger partial charge on any atom is 0.335 e. The fourth-order valence-electron chi connectivity index (χ4n) is 3.91. The van der Waals surface area contributed by atoms with Gasteiger partial charge in [0.15, 0.2) is 0 Å². The first-order valence-electron chi connectivity index (χ1n) is 12.1. The maximum absolute atomic E-state index is 12.8. The summed E-state index contributed by atoms with van der Waals surface area (Å²) < 4.78 is 0. The highest BCUT2D eigenvalue weighted by Crippen LogP contribution is 2.29. The second-order valence-electron chi connectivity index (χ2n) is 8.92. The minimum atomic E-state index is -1.36. The van der Waals surface area contributed by atoms with Gasteiger partial charge in [0, 0.05) is 5.56 Å². The summed E-state index contributed by atoms with van der Waals surface area (Å²) in [5.74, 6) is -0.564. The Balaban J connectivity index is 1.75. The van der Waals surface area contributed by atoms with Gasteiger partial charge >= 0.3 is 5.97 Å². The number of hydrogen-bond donors (Lipinski definition) is 7. The minimum Gasteiger partial charge on any atom is -0.478 e. The van der Waals surface area contributed by atoms with Crippen LogP contribution in [0.25, 0.3) is 11.1 Å². The summed E-state index contributed by atoms with van der Waals surface area (Å²) in [5, 5.41) is 32.7. The number of hydroxylamine groups is 1. The smallest absolute Gasteiger partial charge is 0.335 e. The van der Waals surface area contributed by atoms with Crippen LogP contribution in [0.3, 0.4) is 0 Å². The first-order valence-corrected chi connectivity index (χ1v) is 12.1. The number of carboxylic acids is 1. The Hall–Kier alpha value is -5.02. The van der Waals surface area contributed by atoms with Crippen LogP contribution in [-0.4, -0.2) is 57.3 Å². The summed E-state index contributed by atoms with van der Waals surface area (Å²) in [6, 6.07) is 15.1. The van der Waals surface area contributed by atoms with Gasteiger partial charge in [0.05, 0.1) is 29.0 Å². The Kier molecular flexibility index (Phi) is 9.72. The Morgan fingerprint density at radius 1 is 0.950 bits per heavy atom. The SMILES string of the molecule is C#Cc1c(NC(=O)[C@@H](N)Cc2ccc(C(=O)O)cc2)cccc1-c1ccc(C(=O)N[C@H](C(=O)NO)[C@@H](C)O)cc1. The van der Waals surface area contributed by atoms with Crippen molar-refractivity contribution in [2.24, 2.45) is 5.73 Å². The highest BCUT2D eigenvalue weighted by Gasteiger charge is 2.26. The van der Waals surface area contributed by atoms with Crippen molar-refractivity contribution in [3.05, 3.63) is 89.0 Å². The van der Waals surface area contributed by atoms with E-state index in [0.29, 0.717) is 27.9 Å². The molecule has 0 unspecified atom stereocenters. The number of terminal acetylenes is 1. The molecule has 3 aromatic rings. The molecule has 8 N–H and O–H groups in total. The number of nitrogens with two attached hydrogens (primary N) is 1. The monoisotopic (exact) mass is 544 g/mol. The molecule has 0 aromatic heterocycles. The lowest BCUT2D eigenvalue weighted by atomic mass is 9.97. The number of carboxylic acid groups (broad SMARTS) is 1. The first-order chi connectivity index (χ1) is 19.0. The molecule has 0 fully saturated rings. The van der Waals surface area contributed by atoms with Crippen molar-refractivity contribution >= 4 is 29.4 Å². The van der Waals surface area contributed by atoms with E-state index in [9.17, 15) is 24.3 Å². The summed E-state index contributed by atoms with van der Waals surface area (Å²) in [4.78, 5) is 48.1. The average molecular weight is 545 g/mol. The van der Waals surface area contributed by atoms with Crippen molar-refractivity contribution in [2.75, 3.05) is 5.32 Å². The summed E-state index contributed by atoms with van der Waals surface area (Å²) >= 11 is 0. The molecule has 3 amide bonds. The molecular formula is C29H28N4O7. The van der Waals surface area contributed by atoms with E-state index in [1.807, 2.05) is 0 Å². The second kappa shape index (κ2) is 13.2. The third-order valence-corrected chi connectivity index (χ3v) is 6.08. The number of amides is 3. The van der Waals surface area contributed by atoms with Gasteiger partial charge in [-0.25, -0.2) is 10.3 Å². The molecule has 40 heavy (non-hydrogen) atoms. The fraction of sp³-hybridized carbons (Fsp3) is 0.172. The normalized spacial score (nSPS) is 12.8. The molecule has 0 spiro atoms. The lowest BCUT2D eigenvalue weighted by Crippen LogP contribution is -2.51. The van der Waals surface area contributed by atoms with Crippen molar-refractivity contribution in [1.82, 2.24) is 10.8 Å². The topological polar surface area (TPSA) is 191 Å². The van der Waals surface area contributed by atoms with Crippen molar-refractivity contribution in [1.29, 1.82) is 0 Å². The van der Waals surface area contributed by atoms with E-state index in [4.69, 9.17) is 22.5 Å². The van der Waals surface area contributed by atoms with Gasteiger partial charge in [0.2, 0.25) is 5.91 Å². The molecule has 0 heterocycles. The third kappa shape index (κ3) is 7.09. The Morgan fingerprint density at radius 2 is 1.57 bits per heavy atom. The number of benzene rings is 3. The maximum atomic E-state index is 12.8. The van der Waals surface area contributed by atoms with Crippen LogP contribution in [0.15, 0.2) is 66.7 Å². The van der Waals surface area contributed by atoms with Gasteiger partial charge in [-0.1, -0.05) is 42.3 Å². The van der Waals surface area contributed by atoms with E-state index in [2.05, 4.69) is 16.6 Å². The number of rotatable bonds is 10. The van der Waals surface area contributed by atoms with Gasteiger partial charge in [0.1, 0.15) is 6.04 Å². The predicted molar refractivity (Wildman–Crippen MR) is 146 cm³/mol. The van der Waals surface area contributed by atoms with Crippen LogP contribution in [0.5, 0.6) is 0 Å². The van der Waals surface area contributed by atoms with E-state index < -0.39 is 41.9 Å². The van der Waals surface area contributed by atoms with E-state index in [1.54, 1.807) is 42.5 Å². The lowest BCUT2D eigenvalue weighted by Gasteiger charge is -2.19. The van der Waals surface area contributed by atoms with Crippen molar-refractivity contribution in [2.45, 2.75) is 31.5 Å². The number of carbonyl (C=O) groups is 4. The number of hydrogen-bond acceptors (Lipinski definition) is 7. The molecule has 3 rings (SSSR count). The average Bonchev–Trinajstić information content (AvgIpc) is 2.95. The van der Waals surface area contributed by atoms with Gasteiger partial charge < -0.3 is 26.6 Å². The molecule has 0 radical (unpaired) electrons. The number of anilines is 1. The highest BCUT2D eigenvalue weighted by atomic mass is 16.5. The number of aliphatic hydroxyl groups is 1. The Labute approximate surface area is 230 Å². The zero-order valence-electron chi connectivity index (χ0n) is 21.4. The van der Waals surface area contributed by atoms with Crippen LogP contribution in [0.4, 0.5) is 5.69 Å². The quantitative estimate of drug-likeness (QED) is 0.113. The number of carbonyl (C=O) groups excluding carboxylic acids is 3. The molecule has 0 aliphatic rings. The van der Waals surface area contributed by atoms with Crippen molar-refractivity contribution < 1.29 is 34.6 Å². The number of aromatic carboxylic acids is 1. The van der Waals surface area contributed by atoms with Crippen molar-refractivity contribution in [3.8, 4) is 23.5 Å². The third-order valence-electron chi connectivity index (χ3n) is 6.08. The molecule has 206 valence electrons. The predicted octanol–water partition coefficient (Wildman–Crippen LogP) is 1.53. The summed E-state index contributed by atoms with van der Waals surface area (Å²) in [7, 11) is 0. The van der Waals surface area contributed by atoms with Gasteiger partial charge in [0.25, 0.3) is 11.8 Å². The molecular weight excluding hydrogens is 516 g/mol. The van der Waals surface area contributed by atoms with Crippen molar-refractivity contribution in [3.63, 3.8) is 0 Å². The molecule has 3 aromatic carbocycles. The Morgan fingerprint density at radius 3 is 2.12 bits per heavy atom. The zero-order valence-corrected chi connectivity index (χ0v) is 21.4. The standard InChI is InChI=1S/C29H28N4O7/c1-3-21-22(18-11-13-19(14-12-18)26(35)32-25(16(2)34)28(37)33-40)5-4-6-24(21)31-27(36)23(30)15-17-7-9-20(10-8-17)29(38)39/h1,4-14,16,23,25,34,40H,15,30H2,2H3,(H,31,36)(H,32,35)(H,33,37)(H,38,39)/t16-,23+,25+/m1/s1. The van der Waals surface area contributed by atoms with Gasteiger partial charge in [-0.2, -0.15) is 0 Å². The van der Waals surface area contributed by atoms with Crippen LogP contribution in [-0.2, 0) is 16.0 Å². The zero-order chi connectivity index (χ0) is 29.4. The highest BCUT2D eigenvalue weighted by molar-refractivity contribution is 5.99. The summed E-state index contributed by atoms with van der Waals surface area (Å²) in [6.07, 6.45) is 4.70. The van der Waals surface area contributed by atoms with Gasteiger partial charge in [-0.05, 0) is 60.4 Å². The molecule has 0 saturated carbocycles. The Bertz CT molecular complexity index is 1440. The van der Waals surface area contributed by atoms with Crippen LogP contribution in [0.2, 0.25) is 0 Å². The molecule has 0 bridgehead atoms. The second-order valence-corrected chi connectivity index (χ2v) is 8.92. The van der Waals surface area contributed by atoms with Crippen LogP contribution in [0, 0.1) is 12.3 Å². The first kappa shape index (κ1) is 29.5. The molecule has 3 atom stereocenters. The minimum absolute atomic E-state index is 0.129. The van der Waals surface area contributed by atoms with Crippen LogP contribution < -0.4 is 21.8 Å². The summed E-state index contributed by atoms with van der Waals surface area (Å²) in [6.45, 7) is 1.29. The lowest BCUT2D eigenvalue weighted by molar-refractivity contribution is -0.133. The fourth-order valence-corrected chi connectivity index (χ4v) is 3.91. The van der Waals surface area contributed by atoms with Crippen LogP contribution in [0.1, 0.15) is 38.8 Å². The molecule has 0 aliphatic carbocycles. The molecule has 11 heteroatoms. The van der Waals surface area contributed by atoms with Crippen LogP contribution >= 0.6 is 0 Å². The summed E-state index contributed by atoms with van der Waals surface area (Å²) in [5.41, 5.74) is 10.5. The molecule has 0 saturated heterocycles. The molecule has 0 aliphatic heterocycles. The van der Waals surface area contributed by atoms with Gasteiger partial charge in [-0.15, -0.1) is 6.42 Å². The molecule has 11 nitrogen and oxygen atoms in total. The number of aliphatic hydroxyl groups excluding tert-OH is 1. The van der Waals surface area contributed by atoms with Gasteiger partial charge in [-0.3, -0.25) is 19.6 Å². The van der Waals surface area contributed by atoms with E-state index in [1.165, 1.54) is 36.7 Å². The van der Waals surface area contributed by atoms with E-state index in [0.717, 1.165) is 0 Å².